The molecule has 2 heterocycles. The summed E-state index contributed by atoms with van der Waals surface area (Å²) in [7, 11) is 0. The minimum atomic E-state index is -0.167. The summed E-state index contributed by atoms with van der Waals surface area (Å²) in [5, 5.41) is 0. The van der Waals surface area contributed by atoms with E-state index in [1.165, 1.54) is 12.3 Å². The predicted octanol–water partition coefficient (Wildman–Crippen LogP) is 2.35. The van der Waals surface area contributed by atoms with Gasteiger partial charge in [0.2, 0.25) is 0 Å². The number of rotatable bonds is 2. The summed E-state index contributed by atoms with van der Waals surface area (Å²) in [6, 6.07) is 3.24. The van der Waals surface area contributed by atoms with E-state index in [0.29, 0.717) is 11.6 Å². The molecule has 0 bridgehead atoms. The van der Waals surface area contributed by atoms with E-state index in [2.05, 4.69) is 25.9 Å². The summed E-state index contributed by atoms with van der Waals surface area (Å²) < 4.78 is 6.00. The molecule has 0 aliphatic carbocycles. The van der Waals surface area contributed by atoms with Crippen LogP contribution in [-0.4, -0.2) is 9.97 Å². The number of aromatic nitrogens is 2. The Labute approximate surface area is 94.5 Å². The van der Waals surface area contributed by atoms with E-state index in [-0.39, 0.29) is 5.56 Å². The van der Waals surface area contributed by atoms with Crippen molar-refractivity contribution in [2.24, 2.45) is 0 Å². The van der Waals surface area contributed by atoms with Crippen LogP contribution in [0.5, 0.6) is 0 Å². The van der Waals surface area contributed by atoms with E-state index in [9.17, 15) is 4.79 Å². The van der Waals surface area contributed by atoms with Crippen molar-refractivity contribution in [2.75, 3.05) is 0 Å². The molecule has 5 heteroatoms. The summed E-state index contributed by atoms with van der Waals surface area (Å²) in [6.07, 6.45) is 2.26. The molecule has 0 spiro atoms. The van der Waals surface area contributed by atoms with Gasteiger partial charge in [-0.1, -0.05) is 6.92 Å². The average Bonchev–Trinajstić information content (AvgIpc) is 2.63. The van der Waals surface area contributed by atoms with Gasteiger partial charge in [0.05, 0.1) is 10.7 Å². The van der Waals surface area contributed by atoms with E-state index in [0.717, 1.165) is 16.6 Å². The van der Waals surface area contributed by atoms with E-state index in [1.54, 1.807) is 6.07 Å². The van der Waals surface area contributed by atoms with Gasteiger partial charge in [-0.05, 0) is 28.4 Å². The topological polar surface area (TPSA) is 58.9 Å². The summed E-state index contributed by atoms with van der Waals surface area (Å²) >= 11 is 3.32. The number of aryl methyl sites for hydroxylation is 1. The van der Waals surface area contributed by atoms with Gasteiger partial charge in [-0.15, -0.1) is 0 Å². The van der Waals surface area contributed by atoms with Gasteiger partial charge in [0.15, 0.2) is 11.6 Å². The Morgan fingerprint density at radius 1 is 1.60 bits per heavy atom. The summed E-state index contributed by atoms with van der Waals surface area (Å²) in [5.41, 5.74) is 0.581. The van der Waals surface area contributed by atoms with Crippen LogP contribution < -0.4 is 5.56 Å². The van der Waals surface area contributed by atoms with Crippen molar-refractivity contribution >= 4 is 15.9 Å². The molecular formula is C10H9BrN2O2. The normalized spacial score (nSPS) is 10.5. The van der Waals surface area contributed by atoms with Crippen LogP contribution in [0.4, 0.5) is 0 Å². The zero-order valence-electron chi connectivity index (χ0n) is 8.08. The molecule has 0 aliphatic rings. The molecule has 0 saturated carbocycles. The van der Waals surface area contributed by atoms with Gasteiger partial charge in [0.1, 0.15) is 0 Å². The van der Waals surface area contributed by atoms with Crippen molar-refractivity contribution in [3.8, 4) is 11.6 Å². The van der Waals surface area contributed by atoms with Gasteiger partial charge >= 0.3 is 0 Å². The van der Waals surface area contributed by atoms with Crippen LogP contribution in [0.2, 0.25) is 0 Å². The lowest BCUT2D eigenvalue weighted by molar-refractivity contribution is 0.575. The van der Waals surface area contributed by atoms with Crippen LogP contribution in [-0.2, 0) is 6.42 Å². The third kappa shape index (κ3) is 2.02. The van der Waals surface area contributed by atoms with Gasteiger partial charge in [0.25, 0.3) is 5.56 Å². The monoisotopic (exact) mass is 268 g/mol. The first kappa shape index (κ1) is 10.2. The lowest BCUT2D eigenvalue weighted by Gasteiger charge is -1.99. The predicted molar refractivity (Wildman–Crippen MR) is 59.6 cm³/mol. The van der Waals surface area contributed by atoms with Gasteiger partial charge in [-0.2, -0.15) is 0 Å². The Morgan fingerprint density at radius 2 is 2.40 bits per heavy atom. The Bertz CT molecular complexity index is 530. The van der Waals surface area contributed by atoms with Gasteiger partial charge < -0.3 is 9.40 Å². The van der Waals surface area contributed by atoms with Crippen LogP contribution >= 0.6 is 15.9 Å². The molecule has 0 atom stereocenters. The van der Waals surface area contributed by atoms with Gasteiger partial charge in [0, 0.05) is 11.8 Å². The quantitative estimate of drug-likeness (QED) is 0.910. The van der Waals surface area contributed by atoms with Crippen molar-refractivity contribution in [3.63, 3.8) is 0 Å². The minimum Gasteiger partial charge on any atom is -0.460 e. The second-order valence-electron chi connectivity index (χ2n) is 3.04. The van der Waals surface area contributed by atoms with Crippen LogP contribution in [0.25, 0.3) is 11.6 Å². The van der Waals surface area contributed by atoms with Crippen LogP contribution in [0.3, 0.4) is 0 Å². The Kier molecular flexibility index (Phi) is 2.73. The second kappa shape index (κ2) is 4.02. The number of nitrogens with zero attached hydrogens (tertiary/aromatic N) is 1. The average molecular weight is 269 g/mol. The third-order valence-electron chi connectivity index (χ3n) is 1.99. The molecule has 2 aromatic heterocycles. The maximum absolute atomic E-state index is 11.3. The van der Waals surface area contributed by atoms with E-state index >= 15 is 0 Å². The molecule has 0 saturated heterocycles. The van der Waals surface area contributed by atoms with E-state index < -0.39 is 0 Å². The smallest absolute Gasteiger partial charge is 0.251 e. The van der Waals surface area contributed by atoms with Crippen LogP contribution in [0.15, 0.2) is 32.1 Å². The van der Waals surface area contributed by atoms with E-state index in [1.807, 2.05) is 6.92 Å². The Morgan fingerprint density at radius 3 is 3.00 bits per heavy atom. The molecule has 0 radical (unpaired) electrons. The second-order valence-corrected chi connectivity index (χ2v) is 3.89. The summed E-state index contributed by atoms with van der Waals surface area (Å²) in [6.45, 7) is 1.95. The summed E-state index contributed by atoms with van der Waals surface area (Å²) in [5.74, 6) is 0.999. The highest BCUT2D eigenvalue weighted by atomic mass is 79.9. The maximum atomic E-state index is 11.3. The molecule has 0 aliphatic heterocycles. The largest absolute Gasteiger partial charge is 0.460 e. The van der Waals surface area contributed by atoms with Gasteiger partial charge in [-0.3, -0.25) is 4.79 Å². The fraction of sp³-hybridized carbons (Fsp3) is 0.200. The highest BCUT2D eigenvalue weighted by Crippen LogP contribution is 2.25. The molecule has 78 valence electrons. The number of furan rings is 1. The zero-order chi connectivity index (χ0) is 10.8. The molecule has 4 nitrogen and oxygen atoms in total. The molecule has 0 unspecified atom stereocenters. The fourth-order valence-corrected chi connectivity index (χ4v) is 1.65. The SMILES string of the molecule is CCc1cc(=O)[nH]c(-c2occc2Br)n1. The van der Waals surface area contributed by atoms with Crippen molar-refractivity contribution in [2.45, 2.75) is 13.3 Å². The minimum absolute atomic E-state index is 0.167. The number of aromatic amines is 1. The standard InChI is InChI=1S/C10H9BrN2O2/c1-2-6-5-8(14)13-10(12-6)9-7(11)3-4-15-9/h3-5H,2H2,1H3,(H,12,13,14). The third-order valence-corrected chi connectivity index (χ3v) is 2.61. The number of H-pyrrole nitrogens is 1. The fourth-order valence-electron chi connectivity index (χ4n) is 1.26. The van der Waals surface area contributed by atoms with E-state index in [4.69, 9.17) is 4.42 Å². The molecule has 2 rings (SSSR count). The number of hydrogen-bond acceptors (Lipinski definition) is 3. The first-order valence-electron chi connectivity index (χ1n) is 4.54. The lowest BCUT2D eigenvalue weighted by atomic mass is 10.3. The molecule has 0 amide bonds. The lowest BCUT2D eigenvalue weighted by Crippen LogP contribution is -2.09. The number of halogens is 1. The zero-order valence-corrected chi connectivity index (χ0v) is 9.67. The highest BCUT2D eigenvalue weighted by molar-refractivity contribution is 9.10. The van der Waals surface area contributed by atoms with Crippen LogP contribution in [0.1, 0.15) is 12.6 Å². The first-order valence-corrected chi connectivity index (χ1v) is 5.33. The Balaban J connectivity index is 2.58. The number of hydrogen-bond donors (Lipinski definition) is 1. The van der Waals surface area contributed by atoms with Crippen molar-refractivity contribution in [3.05, 3.63) is 38.9 Å². The van der Waals surface area contributed by atoms with Crippen molar-refractivity contribution in [1.29, 1.82) is 0 Å². The van der Waals surface area contributed by atoms with Crippen molar-refractivity contribution < 1.29 is 4.42 Å². The Hall–Kier alpha value is -1.36. The maximum Gasteiger partial charge on any atom is 0.251 e. The van der Waals surface area contributed by atoms with Crippen molar-refractivity contribution in [1.82, 2.24) is 9.97 Å². The molecule has 2 aromatic rings. The van der Waals surface area contributed by atoms with Crippen LogP contribution in [0, 0.1) is 0 Å². The van der Waals surface area contributed by atoms with Gasteiger partial charge in [-0.25, -0.2) is 4.98 Å². The highest BCUT2D eigenvalue weighted by Gasteiger charge is 2.10. The molecular weight excluding hydrogens is 260 g/mol. The molecule has 15 heavy (non-hydrogen) atoms. The molecule has 0 aromatic carbocycles. The molecule has 0 fully saturated rings. The molecule has 1 N–H and O–H groups in total. The number of nitrogens with one attached hydrogen (secondary N) is 1. The first-order chi connectivity index (χ1) is 7.20. The summed E-state index contributed by atoms with van der Waals surface area (Å²) in [4.78, 5) is 18.2.